The number of hydrogen-bond acceptors (Lipinski definition) is 7. The van der Waals surface area contributed by atoms with Crippen molar-refractivity contribution in [3.63, 3.8) is 0 Å². The van der Waals surface area contributed by atoms with Crippen LogP contribution in [0, 0.1) is 0 Å². The molecule has 0 aromatic heterocycles. The van der Waals surface area contributed by atoms with E-state index in [1.165, 1.54) is 12.0 Å². The monoisotopic (exact) mass is 429 g/mol. The zero-order valence-corrected chi connectivity index (χ0v) is 18.5. The molecule has 0 bridgehead atoms. The van der Waals surface area contributed by atoms with Gasteiger partial charge in [-0.2, -0.15) is 8.42 Å². The lowest BCUT2D eigenvalue weighted by molar-refractivity contribution is -0.0479. The number of ether oxygens (including phenoxy) is 3. The molecule has 1 fully saturated rings. The van der Waals surface area contributed by atoms with Gasteiger partial charge >= 0.3 is 6.09 Å². The fourth-order valence-corrected chi connectivity index (χ4v) is 4.03. The van der Waals surface area contributed by atoms with Crippen LogP contribution < -0.4 is 0 Å². The summed E-state index contributed by atoms with van der Waals surface area (Å²) in [4.78, 5) is 14.4. The van der Waals surface area contributed by atoms with Crippen LogP contribution in [0.15, 0.2) is 30.3 Å². The summed E-state index contributed by atoms with van der Waals surface area (Å²) >= 11 is 0. The van der Waals surface area contributed by atoms with E-state index >= 15 is 0 Å². The van der Waals surface area contributed by atoms with E-state index in [2.05, 4.69) is 0 Å². The minimum atomic E-state index is -3.68. The van der Waals surface area contributed by atoms with Gasteiger partial charge in [-0.1, -0.05) is 30.3 Å². The van der Waals surface area contributed by atoms with E-state index in [1.54, 1.807) is 20.8 Å². The van der Waals surface area contributed by atoms with Crippen molar-refractivity contribution >= 4 is 16.2 Å². The predicted molar refractivity (Wildman–Crippen MR) is 108 cm³/mol. The molecule has 8 nitrogen and oxygen atoms in total. The first-order valence-corrected chi connectivity index (χ1v) is 11.3. The molecule has 1 aromatic rings. The van der Waals surface area contributed by atoms with Crippen LogP contribution in [-0.2, 0) is 35.1 Å². The predicted octanol–water partition coefficient (Wildman–Crippen LogP) is 2.57. The van der Waals surface area contributed by atoms with Crippen LogP contribution in [0.4, 0.5) is 4.79 Å². The number of methoxy groups -OCH3 is 1. The Morgan fingerprint density at radius 2 is 1.86 bits per heavy atom. The number of benzene rings is 1. The molecule has 0 N–H and O–H groups in total. The summed E-state index contributed by atoms with van der Waals surface area (Å²) in [6.07, 6.45) is -0.0138. The zero-order valence-electron chi connectivity index (χ0n) is 17.7. The highest BCUT2D eigenvalue weighted by Gasteiger charge is 2.51. The molecule has 164 valence electrons. The standard InChI is InChI=1S/C20H31NO7S/c1-19(2,3)27-18(22)21-12-17(28-29(5,23)24)11-20(21,14-25-4)15-26-13-16-9-7-6-8-10-16/h6-10,17H,11-15H2,1-5H3/t17-,20?/m1/s1. The summed E-state index contributed by atoms with van der Waals surface area (Å²) < 4.78 is 45.3. The van der Waals surface area contributed by atoms with Gasteiger partial charge in [-0.25, -0.2) is 4.79 Å². The van der Waals surface area contributed by atoms with Crippen molar-refractivity contribution in [2.45, 2.75) is 51.0 Å². The normalized spacial score (nSPS) is 22.7. The lowest BCUT2D eigenvalue weighted by atomic mass is 9.97. The highest BCUT2D eigenvalue weighted by atomic mass is 32.2. The zero-order chi connectivity index (χ0) is 21.7. The molecule has 0 spiro atoms. The van der Waals surface area contributed by atoms with Crippen LogP contribution in [0.5, 0.6) is 0 Å². The highest BCUT2D eigenvalue weighted by Crippen LogP contribution is 2.34. The van der Waals surface area contributed by atoms with E-state index in [0.717, 1.165) is 11.8 Å². The first kappa shape index (κ1) is 23.6. The summed E-state index contributed by atoms with van der Waals surface area (Å²) in [7, 11) is -2.16. The molecule has 1 aliphatic heterocycles. The molecule has 1 amide bonds. The Balaban J connectivity index is 2.22. The maximum Gasteiger partial charge on any atom is 0.411 e. The van der Waals surface area contributed by atoms with Crippen LogP contribution >= 0.6 is 0 Å². The Morgan fingerprint density at radius 3 is 2.41 bits per heavy atom. The SMILES string of the molecule is COCC1(COCc2ccccc2)C[C@@H](OS(C)(=O)=O)CN1C(=O)OC(C)(C)C. The topological polar surface area (TPSA) is 91.4 Å². The average Bonchev–Trinajstić information content (AvgIpc) is 2.91. The van der Waals surface area contributed by atoms with Crippen molar-refractivity contribution in [2.24, 2.45) is 0 Å². The first-order chi connectivity index (χ1) is 13.4. The number of carbonyl (C=O) groups is 1. The Bertz CT molecular complexity index is 776. The number of hydrogen-bond donors (Lipinski definition) is 0. The van der Waals surface area contributed by atoms with Crippen molar-refractivity contribution in [1.82, 2.24) is 4.90 Å². The van der Waals surface area contributed by atoms with Gasteiger partial charge in [0, 0.05) is 13.5 Å². The molecule has 1 saturated heterocycles. The number of nitrogens with zero attached hydrogens (tertiary/aromatic N) is 1. The van der Waals surface area contributed by atoms with Gasteiger partial charge in [0.15, 0.2) is 0 Å². The molecule has 9 heteroatoms. The maximum atomic E-state index is 12.9. The average molecular weight is 430 g/mol. The van der Waals surface area contributed by atoms with E-state index in [0.29, 0.717) is 6.61 Å². The molecule has 1 unspecified atom stereocenters. The summed E-state index contributed by atoms with van der Waals surface area (Å²) in [6, 6.07) is 9.65. The third kappa shape index (κ3) is 7.26. The lowest BCUT2D eigenvalue weighted by Crippen LogP contribution is -2.54. The summed E-state index contributed by atoms with van der Waals surface area (Å²) in [6.45, 7) is 6.05. The highest BCUT2D eigenvalue weighted by molar-refractivity contribution is 7.86. The molecule has 0 aliphatic carbocycles. The van der Waals surface area contributed by atoms with Gasteiger partial charge in [-0.15, -0.1) is 0 Å². The molecule has 2 atom stereocenters. The van der Waals surface area contributed by atoms with Crippen LogP contribution in [0.25, 0.3) is 0 Å². The molecule has 0 radical (unpaired) electrons. The Labute approximate surface area is 173 Å². The minimum absolute atomic E-state index is 0.0695. The Hall–Kier alpha value is -1.68. The second kappa shape index (κ2) is 9.42. The van der Waals surface area contributed by atoms with Crippen molar-refractivity contribution in [2.75, 3.05) is 33.1 Å². The van der Waals surface area contributed by atoms with Crippen LogP contribution in [-0.4, -0.2) is 69.8 Å². The molecular formula is C20H31NO7S. The third-order valence-electron chi connectivity index (χ3n) is 4.39. The van der Waals surface area contributed by atoms with Gasteiger partial charge < -0.3 is 14.2 Å². The summed E-state index contributed by atoms with van der Waals surface area (Å²) in [5.74, 6) is 0. The van der Waals surface area contributed by atoms with Crippen LogP contribution in [0.1, 0.15) is 32.8 Å². The van der Waals surface area contributed by atoms with Crippen molar-refractivity contribution in [1.29, 1.82) is 0 Å². The van der Waals surface area contributed by atoms with Gasteiger partial charge in [0.05, 0.1) is 44.3 Å². The van der Waals surface area contributed by atoms with E-state index in [4.69, 9.17) is 18.4 Å². The second-order valence-corrected chi connectivity index (χ2v) is 9.95. The molecule has 0 saturated carbocycles. The van der Waals surface area contributed by atoms with E-state index in [1.807, 2.05) is 30.3 Å². The van der Waals surface area contributed by atoms with Crippen molar-refractivity contribution < 1.29 is 31.6 Å². The van der Waals surface area contributed by atoms with Gasteiger partial charge in [-0.3, -0.25) is 9.08 Å². The molecule has 1 aliphatic rings. The van der Waals surface area contributed by atoms with Gasteiger partial charge in [0.25, 0.3) is 10.1 Å². The van der Waals surface area contributed by atoms with Gasteiger partial charge in [0.2, 0.25) is 0 Å². The molecule has 1 heterocycles. The quantitative estimate of drug-likeness (QED) is 0.587. The Morgan fingerprint density at radius 1 is 1.21 bits per heavy atom. The van der Waals surface area contributed by atoms with Crippen molar-refractivity contribution in [3.8, 4) is 0 Å². The summed E-state index contributed by atoms with van der Waals surface area (Å²) in [5, 5.41) is 0. The number of rotatable bonds is 8. The molecule has 2 rings (SSSR count). The van der Waals surface area contributed by atoms with Crippen LogP contribution in [0.2, 0.25) is 0 Å². The fraction of sp³-hybridized carbons (Fsp3) is 0.650. The maximum absolute atomic E-state index is 12.9. The fourth-order valence-electron chi connectivity index (χ4n) is 3.41. The van der Waals surface area contributed by atoms with E-state index < -0.39 is 33.5 Å². The van der Waals surface area contributed by atoms with Crippen LogP contribution in [0.3, 0.4) is 0 Å². The van der Waals surface area contributed by atoms with Crippen molar-refractivity contribution in [3.05, 3.63) is 35.9 Å². The van der Waals surface area contributed by atoms with E-state index in [-0.39, 0.29) is 26.2 Å². The number of carbonyl (C=O) groups excluding carboxylic acids is 1. The minimum Gasteiger partial charge on any atom is -0.444 e. The molecule has 29 heavy (non-hydrogen) atoms. The largest absolute Gasteiger partial charge is 0.444 e. The number of amides is 1. The lowest BCUT2D eigenvalue weighted by Gasteiger charge is -2.38. The Kier molecular flexibility index (Phi) is 7.67. The number of likely N-dealkylation sites (tertiary alicyclic amines) is 1. The first-order valence-electron chi connectivity index (χ1n) is 9.44. The second-order valence-electron chi connectivity index (χ2n) is 8.35. The molecule has 1 aromatic carbocycles. The van der Waals surface area contributed by atoms with Gasteiger partial charge in [0.1, 0.15) is 5.60 Å². The van der Waals surface area contributed by atoms with Gasteiger partial charge in [-0.05, 0) is 26.3 Å². The smallest absolute Gasteiger partial charge is 0.411 e. The molecular weight excluding hydrogens is 398 g/mol. The summed E-state index contributed by atoms with van der Waals surface area (Å²) in [5.41, 5.74) is -0.608. The van der Waals surface area contributed by atoms with E-state index in [9.17, 15) is 13.2 Å². The third-order valence-corrected chi connectivity index (χ3v) is 5.01.